The molecule has 0 aromatic carbocycles. The van der Waals surface area contributed by atoms with Crippen LogP contribution in [0.25, 0.3) is 0 Å². The van der Waals surface area contributed by atoms with Crippen molar-refractivity contribution >= 4 is 6.09 Å². The number of hydrogen-bond donors (Lipinski definition) is 0. The van der Waals surface area contributed by atoms with E-state index in [1.807, 2.05) is 25.7 Å². The summed E-state index contributed by atoms with van der Waals surface area (Å²) in [6, 6.07) is 0.412. The van der Waals surface area contributed by atoms with Crippen LogP contribution in [0.4, 0.5) is 4.79 Å². The fourth-order valence-corrected chi connectivity index (χ4v) is 2.14. The van der Waals surface area contributed by atoms with Crippen LogP contribution in [0, 0.1) is 0 Å². The van der Waals surface area contributed by atoms with Gasteiger partial charge in [0.2, 0.25) is 0 Å². The molecule has 3 nitrogen and oxygen atoms in total. The average molecular weight is 227 g/mol. The number of nitrogens with zero attached hydrogens (tertiary/aromatic N) is 1. The third-order valence-corrected chi connectivity index (χ3v) is 2.90. The minimum Gasteiger partial charge on any atom is -0.444 e. The van der Waals surface area contributed by atoms with E-state index in [9.17, 15) is 4.79 Å². The molecule has 3 heteroatoms. The van der Waals surface area contributed by atoms with Gasteiger partial charge in [0.1, 0.15) is 5.60 Å². The highest BCUT2D eigenvalue weighted by Gasteiger charge is 2.31. The van der Waals surface area contributed by atoms with E-state index < -0.39 is 0 Å². The maximum absolute atomic E-state index is 11.9. The summed E-state index contributed by atoms with van der Waals surface area (Å²) < 4.78 is 5.42. The lowest BCUT2D eigenvalue weighted by molar-refractivity contribution is 0.0219. The molecule has 1 amide bonds. The molecular formula is C13H25NO2. The van der Waals surface area contributed by atoms with Crippen molar-refractivity contribution in [2.45, 2.75) is 71.4 Å². The van der Waals surface area contributed by atoms with Gasteiger partial charge in [0.15, 0.2) is 0 Å². The van der Waals surface area contributed by atoms with Crippen LogP contribution < -0.4 is 0 Å². The Labute approximate surface area is 99.1 Å². The van der Waals surface area contributed by atoms with Crippen molar-refractivity contribution in [2.24, 2.45) is 0 Å². The van der Waals surface area contributed by atoms with Crippen LogP contribution in [0.5, 0.6) is 0 Å². The van der Waals surface area contributed by atoms with Crippen molar-refractivity contribution in [3.05, 3.63) is 0 Å². The summed E-state index contributed by atoms with van der Waals surface area (Å²) in [7, 11) is 0. The Kier molecular flexibility index (Phi) is 4.63. The highest BCUT2D eigenvalue weighted by atomic mass is 16.6. The van der Waals surface area contributed by atoms with Crippen molar-refractivity contribution in [1.29, 1.82) is 0 Å². The van der Waals surface area contributed by atoms with Crippen molar-refractivity contribution < 1.29 is 9.53 Å². The lowest BCUT2D eigenvalue weighted by Crippen LogP contribution is -2.39. The molecule has 0 aromatic rings. The third-order valence-electron chi connectivity index (χ3n) is 2.90. The van der Waals surface area contributed by atoms with Gasteiger partial charge in [-0.2, -0.15) is 0 Å². The van der Waals surface area contributed by atoms with Crippen LogP contribution in [-0.2, 0) is 4.74 Å². The maximum Gasteiger partial charge on any atom is 0.410 e. The zero-order chi connectivity index (χ0) is 12.2. The van der Waals surface area contributed by atoms with Gasteiger partial charge < -0.3 is 9.64 Å². The van der Waals surface area contributed by atoms with Crippen molar-refractivity contribution in [1.82, 2.24) is 4.90 Å². The minimum atomic E-state index is -0.380. The number of carbonyl (C=O) groups excluding carboxylic acids is 1. The van der Waals surface area contributed by atoms with Gasteiger partial charge in [-0.05, 0) is 40.0 Å². The molecule has 0 aliphatic carbocycles. The SMILES string of the molecule is CCCCC1CCCN1C(=O)OC(C)(C)C. The van der Waals surface area contributed by atoms with Crippen molar-refractivity contribution in [3.8, 4) is 0 Å². The first-order chi connectivity index (χ1) is 7.44. The lowest BCUT2D eigenvalue weighted by atomic mass is 10.1. The second-order valence-electron chi connectivity index (χ2n) is 5.61. The average Bonchev–Trinajstić information content (AvgIpc) is 2.59. The quantitative estimate of drug-likeness (QED) is 0.737. The monoisotopic (exact) mass is 227 g/mol. The number of carbonyl (C=O) groups is 1. The van der Waals surface area contributed by atoms with Crippen LogP contribution in [0.3, 0.4) is 0 Å². The van der Waals surface area contributed by atoms with E-state index >= 15 is 0 Å². The summed E-state index contributed by atoms with van der Waals surface area (Å²) in [4.78, 5) is 13.9. The number of likely N-dealkylation sites (tertiary alicyclic amines) is 1. The molecule has 1 rings (SSSR count). The zero-order valence-electron chi connectivity index (χ0n) is 11.1. The Hall–Kier alpha value is -0.730. The van der Waals surface area contributed by atoms with E-state index in [4.69, 9.17) is 4.74 Å². The Morgan fingerprint density at radius 1 is 1.44 bits per heavy atom. The highest BCUT2D eigenvalue weighted by molar-refractivity contribution is 5.68. The molecule has 0 bridgehead atoms. The summed E-state index contributed by atoms with van der Waals surface area (Å²) >= 11 is 0. The Morgan fingerprint density at radius 3 is 2.69 bits per heavy atom. The van der Waals surface area contributed by atoms with E-state index in [0.717, 1.165) is 25.8 Å². The van der Waals surface area contributed by atoms with E-state index in [0.29, 0.717) is 6.04 Å². The van der Waals surface area contributed by atoms with Gasteiger partial charge in [0, 0.05) is 12.6 Å². The van der Waals surface area contributed by atoms with Gasteiger partial charge >= 0.3 is 6.09 Å². The molecule has 0 saturated carbocycles. The summed E-state index contributed by atoms with van der Waals surface area (Å²) in [5, 5.41) is 0. The molecule has 0 radical (unpaired) electrons. The Balaban J connectivity index is 2.47. The zero-order valence-corrected chi connectivity index (χ0v) is 11.1. The molecule has 94 valence electrons. The molecular weight excluding hydrogens is 202 g/mol. The van der Waals surface area contributed by atoms with Gasteiger partial charge in [0.05, 0.1) is 0 Å². The second-order valence-corrected chi connectivity index (χ2v) is 5.61. The summed E-state index contributed by atoms with van der Waals surface area (Å²) in [6.07, 6.45) is 5.64. The fourth-order valence-electron chi connectivity index (χ4n) is 2.14. The molecule has 16 heavy (non-hydrogen) atoms. The molecule has 1 heterocycles. The fraction of sp³-hybridized carbons (Fsp3) is 0.923. The van der Waals surface area contributed by atoms with E-state index in [-0.39, 0.29) is 11.7 Å². The van der Waals surface area contributed by atoms with E-state index in [1.54, 1.807) is 0 Å². The highest BCUT2D eigenvalue weighted by Crippen LogP contribution is 2.24. The Morgan fingerprint density at radius 2 is 2.12 bits per heavy atom. The number of hydrogen-bond acceptors (Lipinski definition) is 2. The van der Waals surface area contributed by atoms with Gasteiger partial charge in [-0.1, -0.05) is 19.8 Å². The smallest absolute Gasteiger partial charge is 0.410 e. The van der Waals surface area contributed by atoms with Crippen LogP contribution in [0.2, 0.25) is 0 Å². The molecule has 1 atom stereocenters. The van der Waals surface area contributed by atoms with Crippen molar-refractivity contribution in [3.63, 3.8) is 0 Å². The first-order valence-corrected chi connectivity index (χ1v) is 6.43. The van der Waals surface area contributed by atoms with Crippen LogP contribution in [0.1, 0.15) is 59.8 Å². The summed E-state index contributed by atoms with van der Waals surface area (Å²) in [5.74, 6) is 0. The Bertz CT molecular complexity index is 233. The molecule has 1 aliphatic rings. The lowest BCUT2D eigenvalue weighted by Gasteiger charge is -2.28. The van der Waals surface area contributed by atoms with Crippen LogP contribution in [-0.4, -0.2) is 29.2 Å². The third kappa shape index (κ3) is 4.03. The van der Waals surface area contributed by atoms with Crippen LogP contribution in [0.15, 0.2) is 0 Å². The van der Waals surface area contributed by atoms with Gasteiger partial charge in [-0.25, -0.2) is 4.79 Å². The standard InChI is InChI=1S/C13H25NO2/c1-5-6-8-11-9-7-10-14(11)12(15)16-13(2,3)4/h11H,5-10H2,1-4H3. The number of unbranched alkanes of at least 4 members (excludes halogenated alkanes) is 1. The van der Waals surface area contributed by atoms with Gasteiger partial charge in [-0.15, -0.1) is 0 Å². The molecule has 0 aromatic heterocycles. The topological polar surface area (TPSA) is 29.5 Å². The number of rotatable bonds is 3. The maximum atomic E-state index is 11.9. The second kappa shape index (κ2) is 5.55. The predicted molar refractivity (Wildman–Crippen MR) is 65.5 cm³/mol. The number of ether oxygens (including phenoxy) is 1. The van der Waals surface area contributed by atoms with Gasteiger partial charge in [-0.3, -0.25) is 0 Å². The van der Waals surface area contributed by atoms with Gasteiger partial charge in [0.25, 0.3) is 0 Å². The van der Waals surface area contributed by atoms with Crippen molar-refractivity contribution in [2.75, 3.05) is 6.54 Å². The molecule has 0 spiro atoms. The molecule has 1 unspecified atom stereocenters. The molecule has 1 saturated heterocycles. The minimum absolute atomic E-state index is 0.133. The summed E-state index contributed by atoms with van der Waals surface area (Å²) in [5.41, 5.74) is -0.380. The molecule has 0 N–H and O–H groups in total. The van der Waals surface area contributed by atoms with E-state index in [2.05, 4.69) is 6.92 Å². The van der Waals surface area contributed by atoms with Crippen LogP contribution >= 0.6 is 0 Å². The molecule has 1 fully saturated rings. The van der Waals surface area contributed by atoms with E-state index in [1.165, 1.54) is 12.8 Å². The molecule has 1 aliphatic heterocycles. The number of amides is 1. The first kappa shape index (κ1) is 13.3. The predicted octanol–water partition coefficient (Wildman–Crippen LogP) is 3.58. The largest absolute Gasteiger partial charge is 0.444 e. The normalized spacial score (nSPS) is 21.2. The summed E-state index contributed by atoms with van der Waals surface area (Å²) in [6.45, 7) is 8.81. The first-order valence-electron chi connectivity index (χ1n) is 6.43.